The average Bonchev–Trinajstić information content (AvgIpc) is 2.81. The lowest BCUT2D eigenvalue weighted by atomic mass is 9.92. The quantitative estimate of drug-likeness (QED) is 0.891. The van der Waals surface area contributed by atoms with E-state index in [1.807, 2.05) is 20.2 Å². The molecule has 3 heteroatoms. The highest BCUT2D eigenvalue weighted by molar-refractivity contribution is 6.31. The molecule has 1 saturated carbocycles. The molecule has 94 valence electrons. The fourth-order valence-electron chi connectivity index (χ4n) is 2.63. The van der Waals surface area contributed by atoms with Gasteiger partial charge in [-0.2, -0.15) is 0 Å². The van der Waals surface area contributed by atoms with E-state index in [1.54, 1.807) is 0 Å². The Morgan fingerprint density at radius 1 is 1.29 bits per heavy atom. The number of nitrogens with two attached hydrogens (primary N) is 1. The standard InChI is InChI=1S/C14H21ClN2/c1-17(2)11-7-8-12(13(15)9-11)14(16)10-5-3-4-6-10/h7-10,14H,3-6,16H2,1-2H3/t14-/m0/s1. The number of hydrogen-bond acceptors (Lipinski definition) is 2. The van der Waals surface area contributed by atoms with Crippen molar-refractivity contribution in [3.05, 3.63) is 28.8 Å². The van der Waals surface area contributed by atoms with Crippen molar-refractivity contribution in [1.29, 1.82) is 0 Å². The van der Waals surface area contributed by atoms with Crippen LogP contribution in [0.2, 0.25) is 5.02 Å². The first kappa shape index (κ1) is 12.7. The molecule has 17 heavy (non-hydrogen) atoms. The van der Waals surface area contributed by atoms with Gasteiger partial charge in [-0.1, -0.05) is 30.5 Å². The van der Waals surface area contributed by atoms with Crippen LogP contribution in [0.3, 0.4) is 0 Å². The summed E-state index contributed by atoms with van der Waals surface area (Å²) in [6, 6.07) is 6.28. The molecule has 1 aromatic carbocycles. The summed E-state index contributed by atoms with van der Waals surface area (Å²) in [5, 5.41) is 0.801. The van der Waals surface area contributed by atoms with Gasteiger partial charge in [0.05, 0.1) is 0 Å². The van der Waals surface area contributed by atoms with Crippen molar-refractivity contribution < 1.29 is 0 Å². The number of halogens is 1. The minimum absolute atomic E-state index is 0.0983. The van der Waals surface area contributed by atoms with Gasteiger partial charge in [-0.25, -0.2) is 0 Å². The average molecular weight is 253 g/mol. The SMILES string of the molecule is CN(C)c1ccc([C@@H](N)C2CCCC2)c(Cl)c1. The van der Waals surface area contributed by atoms with E-state index >= 15 is 0 Å². The molecule has 1 atom stereocenters. The lowest BCUT2D eigenvalue weighted by Gasteiger charge is -2.22. The molecular formula is C14H21ClN2. The van der Waals surface area contributed by atoms with Crippen LogP contribution in [0, 0.1) is 5.92 Å². The summed E-state index contributed by atoms with van der Waals surface area (Å²) < 4.78 is 0. The van der Waals surface area contributed by atoms with Crippen LogP contribution in [0.15, 0.2) is 18.2 Å². The summed E-state index contributed by atoms with van der Waals surface area (Å²) in [7, 11) is 4.03. The molecule has 1 fully saturated rings. The number of nitrogens with zero attached hydrogens (tertiary/aromatic N) is 1. The van der Waals surface area contributed by atoms with Crippen LogP contribution in [-0.4, -0.2) is 14.1 Å². The van der Waals surface area contributed by atoms with Gasteiger partial charge in [0.25, 0.3) is 0 Å². The zero-order chi connectivity index (χ0) is 12.4. The molecule has 0 unspecified atom stereocenters. The summed E-state index contributed by atoms with van der Waals surface area (Å²) in [6.07, 6.45) is 5.11. The van der Waals surface area contributed by atoms with Gasteiger partial charge in [0.1, 0.15) is 0 Å². The molecule has 2 nitrogen and oxygen atoms in total. The zero-order valence-electron chi connectivity index (χ0n) is 10.6. The predicted octanol–water partition coefficient (Wildman–Crippen LogP) is 3.60. The van der Waals surface area contributed by atoms with Gasteiger partial charge in [-0.05, 0) is 36.5 Å². The Hall–Kier alpha value is -0.730. The molecule has 1 aliphatic rings. The summed E-state index contributed by atoms with van der Waals surface area (Å²) in [6.45, 7) is 0. The number of benzene rings is 1. The van der Waals surface area contributed by atoms with Crippen molar-refractivity contribution in [1.82, 2.24) is 0 Å². The lowest BCUT2D eigenvalue weighted by molar-refractivity contribution is 0.445. The van der Waals surface area contributed by atoms with E-state index in [1.165, 1.54) is 25.7 Å². The highest BCUT2D eigenvalue weighted by atomic mass is 35.5. The molecule has 0 bridgehead atoms. The van der Waals surface area contributed by atoms with E-state index in [9.17, 15) is 0 Å². The Labute approximate surface area is 109 Å². The first-order chi connectivity index (χ1) is 8.09. The smallest absolute Gasteiger partial charge is 0.0474 e. The van der Waals surface area contributed by atoms with Crippen LogP contribution in [0.4, 0.5) is 5.69 Å². The number of rotatable bonds is 3. The van der Waals surface area contributed by atoms with Crippen LogP contribution in [0.5, 0.6) is 0 Å². The molecule has 0 spiro atoms. The fourth-order valence-corrected chi connectivity index (χ4v) is 2.94. The molecule has 0 radical (unpaired) electrons. The van der Waals surface area contributed by atoms with Gasteiger partial charge in [-0.3, -0.25) is 0 Å². The third-order valence-electron chi connectivity index (χ3n) is 3.77. The maximum Gasteiger partial charge on any atom is 0.0474 e. The number of anilines is 1. The molecule has 1 aromatic rings. The third-order valence-corrected chi connectivity index (χ3v) is 4.09. The first-order valence-corrected chi connectivity index (χ1v) is 6.69. The van der Waals surface area contributed by atoms with E-state index < -0.39 is 0 Å². The van der Waals surface area contributed by atoms with Crippen LogP contribution >= 0.6 is 11.6 Å². The first-order valence-electron chi connectivity index (χ1n) is 6.32. The Morgan fingerprint density at radius 2 is 1.94 bits per heavy atom. The topological polar surface area (TPSA) is 29.3 Å². The van der Waals surface area contributed by atoms with Crippen molar-refractivity contribution in [2.45, 2.75) is 31.7 Å². The van der Waals surface area contributed by atoms with Crippen LogP contribution in [0.25, 0.3) is 0 Å². The van der Waals surface area contributed by atoms with Gasteiger partial charge < -0.3 is 10.6 Å². The monoisotopic (exact) mass is 252 g/mol. The predicted molar refractivity (Wildman–Crippen MR) is 74.7 cm³/mol. The highest BCUT2D eigenvalue weighted by Gasteiger charge is 2.24. The second-order valence-electron chi connectivity index (χ2n) is 5.17. The van der Waals surface area contributed by atoms with Crippen molar-refractivity contribution in [2.75, 3.05) is 19.0 Å². The van der Waals surface area contributed by atoms with Crippen molar-refractivity contribution in [3.63, 3.8) is 0 Å². The molecule has 2 N–H and O–H groups in total. The third kappa shape index (κ3) is 2.75. The minimum atomic E-state index is 0.0983. The van der Waals surface area contributed by atoms with Crippen molar-refractivity contribution in [3.8, 4) is 0 Å². The van der Waals surface area contributed by atoms with E-state index in [0.29, 0.717) is 5.92 Å². The van der Waals surface area contributed by atoms with Crippen LogP contribution in [0.1, 0.15) is 37.3 Å². The molecule has 2 rings (SSSR count). The minimum Gasteiger partial charge on any atom is -0.378 e. The molecule has 0 heterocycles. The molecule has 0 aliphatic heterocycles. The highest BCUT2D eigenvalue weighted by Crippen LogP contribution is 2.37. The second kappa shape index (κ2) is 5.28. The largest absolute Gasteiger partial charge is 0.378 e. The number of hydrogen-bond donors (Lipinski definition) is 1. The van der Waals surface area contributed by atoms with Crippen LogP contribution < -0.4 is 10.6 Å². The Balaban J connectivity index is 2.20. The fraction of sp³-hybridized carbons (Fsp3) is 0.571. The van der Waals surface area contributed by atoms with Gasteiger partial charge in [0.15, 0.2) is 0 Å². The lowest BCUT2D eigenvalue weighted by Crippen LogP contribution is -2.19. The van der Waals surface area contributed by atoms with Crippen LogP contribution in [-0.2, 0) is 0 Å². The van der Waals surface area contributed by atoms with Crippen molar-refractivity contribution in [2.24, 2.45) is 11.7 Å². The molecular weight excluding hydrogens is 232 g/mol. The molecule has 0 saturated heterocycles. The molecule has 0 amide bonds. The van der Waals surface area contributed by atoms with E-state index in [-0.39, 0.29) is 6.04 Å². The molecule has 1 aliphatic carbocycles. The molecule has 0 aromatic heterocycles. The Kier molecular flexibility index (Phi) is 3.95. The second-order valence-corrected chi connectivity index (χ2v) is 5.58. The maximum atomic E-state index is 6.34. The maximum absolute atomic E-state index is 6.34. The Morgan fingerprint density at radius 3 is 2.47 bits per heavy atom. The summed E-state index contributed by atoms with van der Waals surface area (Å²) in [4.78, 5) is 2.05. The summed E-state index contributed by atoms with van der Waals surface area (Å²) in [5.41, 5.74) is 8.55. The van der Waals surface area contributed by atoms with E-state index in [0.717, 1.165) is 16.3 Å². The summed E-state index contributed by atoms with van der Waals surface area (Å²) >= 11 is 6.34. The Bertz CT molecular complexity index is 384. The van der Waals surface area contributed by atoms with Crippen molar-refractivity contribution >= 4 is 17.3 Å². The zero-order valence-corrected chi connectivity index (χ0v) is 11.4. The van der Waals surface area contributed by atoms with Gasteiger partial charge in [0, 0.05) is 30.8 Å². The van der Waals surface area contributed by atoms with Gasteiger partial charge in [-0.15, -0.1) is 0 Å². The van der Waals surface area contributed by atoms with Gasteiger partial charge >= 0.3 is 0 Å². The van der Waals surface area contributed by atoms with E-state index in [2.05, 4.69) is 17.0 Å². The van der Waals surface area contributed by atoms with Gasteiger partial charge in [0.2, 0.25) is 0 Å². The summed E-state index contributed by atoms with van der Waals surface area (Å²) in [5.74, 6) is 0.609. The normalized spacial score (nSPS) is 18.4. The van der Waals surface area contributed by atoms with E-state index in [4.69, 9.17) is 17.3 Å².